The number of ether oxygens (including phenoxy) is 1. The number of hydrogen-bond donors (Lipinski definition) is 4. The second-order valence-corrected chi connectivity index (χ2v) is 3.21. The van der Waals surface area contributed by atoms with Gasteiger partial charge in [-0.25, -0.2) is 0 Å². The van der Waals surface area contributed by atoms with Gasteiger partial charge in [-0.1, -0.05) is 26.7 Å². The van der Waals surface area contributed by atoms with Gasteiger partial charge >= 0.3 is 0 Å². The Morgan fingerprint density at radius 1 is 0.647 bits per heavy atom. The maximum Gasteiger partial charge on any atom is 0.0662 e. The molecule has 0 aromatic carbocycles. The van der Waals surface area contributed by atoms with E-state index in [1.165, 1.54) is 25.7 Å². The van der Waals surface area contributed by atoms with Crippen LogP contribution in [0.25, 0.3) is 0 Å². The van der Waals surface area contributed by atoms with Gasteiger partial charge in [0, 0.05) is 13.2 Å². The van der Waals surface area contributed by atoms with Crippen molar-refractivity contribution in [2.45, 2.75) is 39.5 Å². The highest BCUT2D eigenvalue weighted by molar-refractivity contribution is 4.33. The summed E-state index contributed by atoms with van der Waals surface area (Å²) in [6.07, 6.45) is 4.91. The van der Waals surface area contributed by atoms with E-state index in [9.17, 15) is 0 Å². The summed E-state index contributed by atoms with van der Waals surface area (Å²) in [5, 5.41) is 30.5. The van der Waals surface area contributed by atoms with E-state index < -0.39 is 0 Å². The fraction of sp³-hybridized carbons (Fsp3) is 1.00. The highest BCUT2D eigenvalue weighted by atomic mass is 16.5. The molecule has 0 atom stereocenters. The minimum atomic E-state index is -0.125. The van der Waals surface area contributed by atoms with E-state index in [0.717, 1.165) is 13.2 Å². The molecule has 4 N–H and O–H groups in total. The van der Waals surface area contributed by atoms with E-state index in [1.807, 2.05) is 0 Å². The Bertz CT molecular complexity index is 77.0. The second-order valence-electron chi connectivity index (χ2n) is 3.21. The van der Waals surface area contributed by atoms with E-state index in [1.54, 1.807) is 0 Å². The first-order chi connectivity index (χ1) is 8.24. The number of rotatable bonds is 8. The van der Waals surface area contributed by atoms with Crippen LogP contribution in [0.1, 0.15) is 39.5 Å². The smallest absolute Gasteiger partial charge is 0.0662 e. The molecule has 5 nitrogen and oxygen atoms in total. The van der Waals surface area contributed by atoms with Gasteiger partial charge in [-0.05, 0) is 12.8 Å². The summed E-state index contributed by atoms with van der Waals surface area (Å²) in [6.45, 7) is 5.78. The van der Waals surface area contributed by atoms with E-state index in [4.69, 9.17) is 25.2 Å². The standard InChI is InChI=1S/C8H18O.2C2H6O2/c1-3-5-7-9-8-6-4-2;2*3-1-2-4/h3-8H2,1-2H3;2*3-4H,1-2H2. The quantitative estimate of drug-likeness (QED) is 0.475. The number of aliphatic hydroxyl groups is 4. The molecule has 108 valence electrons. The van der Waals surface area contributed by atoms with E-state index >= 15 is 0 Å². The molecular formula is C12H30O5. The number of aliphatic hydroxyl groups excluding tert-OH is 4. The van der Waals surface area contributed by atoms with Crippen molar-refractivity contribution in [3.05, 3.63) is 0 Å². The van der Waals surface area contributed by atoms with Crippen LogP contribution in [0.4, 0.5) is 0 Å². The largest absolute Gasteiger partial charge is 0.394 e. The zero-order valence-electron chi connectivity index (χ0n) is 11.3. The van der Waals surface area contributed by atoms with Crippen LogP contribution in [0.15, 0.2) is 0 Å². The van der Waals surface area contributed by atoms with Crippen LogP contribution in [0, 0.1) is 0 Å². The van der Waals surface area contributed by atoms with Gasteiger partial charge in [0.15, 0.2) is 0 Å². The third-order valence-electron chi connectivity index (χ3n) is 1.48. The highest BCUT2D eigenvalue weighted by Gasteiger charge is 1.84. The van der Waals surface area contributed by atoms with Crippen LogP contribution in [-0.2, 0) is 4.74 Å². The summed E-state index contributed by atoms with van der Waals surface area (Å²) in [5.41, 5.74) is 0. The Labute approximate surface area is 105 Å². The average molecular weight is 254 g/mol. The molecule has 0 fully saturated rings. The van der Waals surface area contributed by atoms with Crippen molar-refractivity contribution in [1.82, 2.24) is 0 Å². The summed E-state index contributed by atoms with van der Waals surface area (Å²) in [5.74, 6) is 0. The molecule has 0 bridgehead atoms. The third kappa shape index (κ3) is 49.5. The molecule has 0 spiro atoms. The molecule has 0 unspecified atom stereocenters. The Kier molecular flexibility index (Phi) is 38.4. The molecule has 5 heteroatoms. The van der Waals surface area contributed by atoms with Gasteiger partial charge < -0.3 is 25.2 Å². The average Bonchev–Trinajstić information content (AvgIpc) is 2.39. The summed E-state index contributed by atoms with van der Waals surface area (Å²) >= 11 is 0. The lowest BCUT2D eigenvalue weighted by Gasteiger charge is -1.99. The fourth-order valence-corrected chi connectivity index (χ4v) is 0.595. The Balaban J connectivity index is -0.000000205. The van der Waals surface area contributed by atoms with E-state index in [-0.39, 0.29) is 26.4 Å². The topological polar surface area (TPSA) is 90.2 Å². The summed E-state index contributed by atoms with van der Waals surface area (Å²) < 4.78 is 5.31. The van der Waals surface area contributed by atoms with Gasteiger partial charge in [-0.2, -0.15) is 0 Å². The molecule has 17 heavy (non-hydrogen) atoms. The van der Waals surface area contributed by atoms with Gasteiger partial charge in [-0.3, -0.25) is 0 Å². The molecule has 0 saturated heterocycles. The normalized spacial score (nSPS) is 8.82. The van der Waals surface area contributed by atoms with Crippen molar-refractivity contribution < 1.29 is 25.2 Å². The zero-order chi connectivity index (χ0) is 13.8. The van der Waals surface area contributed by atoms with Crippen LogP contribution in [0.2, 0.25) is 0 Å². The molecule has 0 amide bonds. The predicted molar refractivity (Wildman–Crippen MR) is 69.0 cm³/mol. The maximum absolute atomic E-state index is 7.62. The molecular weight excluding hydrogens is 224 g/mol. The maximum atomic E-state index is 7.62. The van der Waals surface area contributed by atoms with Gasteiger partial charge in [0.05, 0.1) is 26.4 Å². The first-order valence-electron chi connectivity index (χ1n) is 6.26. The Morgan fingerprint density at radius 2 is 0.941 bits per heavy atom. The number of hydrogen-bond acceptors (Lipinski definition) is 5. The van der Waals surface area contributed by atoms with Crippen LogP contribution in [0.5, 0.6) is 0 Å². The van der Waals surface area contributed by atoms with Gasteiger partial charge in [0.2, 0.25) is 0 Å². The van der Waals surface area contributed by atoms with Crippen molar-refractivity contribution in [2.24, 2.45) is 0 Å². The van der Waals surface area contributed by atoms with E-state index in [0.29, 0.717) is 0 Å². The molecule has 0 aromatic rings. The Morgan fingerprint density at radius 3 is 1.12 bits per heavy atom. The minimum Gasteiger partial charge on any atom is -0.394 e. The van der Waals surface area contributed by atoms with Crippen LogP contribution >= 0.6 is 0 Å². The van der Waals surface area contributed by atoms with Crippen molar-refractivity contribution >= 4 is 0 Å². The molecule has 0 radical (unpaired) electrons. The molecule has 0 aromatic heterocycles. The zero-order valence-corrected chi connectivity index (χ0v) is 11.3. The first kappa shape index (κ1) is 22.0. The summed E-state index contributed by atoms with van der Waals surface area (Å²) in [4.78, 5) is 0. The van der Waals surface area contributed by atoms with Gasteiger partial charge in [0.25, 0.3) is 0 Å². The molecule has 0 saturated carbocycles. The monoisotopic (exact) mass is 254 g/mol. The van der Waals surface area contributed by atoms with Crippen molar-refractivity contribution in [3.63, 3.8) is 0 Å². The molecule has 0 heterocycles. The summed E-state index contributed by atoms with van der Waals surface area (Å²) in [7, 11) is 0. The van der Waals surface area contributed by atoms with Crippen molar-refractivity contribution in [2.75, 3.05) is 39.6 Å². The van der Waals surface area contributed by atoms with E-state index in [2.05, 4.69) is 13.8 Å². The lowest BCUT2D eigenvalue weighted by atomic mass is 10.3. The fourth-order valence-electron chi connectivity index (χ4n) is 0.595. The van der Waals surface area contributed by atoms with Crippen molar-refractivity contribution in [3.8, 4) is 0 Å². The molecule has 0 aliphatic rings. The van der Waals surface area contributed by atoms with Crippen molar-refractivity contribution in [1.29, 1.82) is 0 Å². The SMILES string of the molecule is CCCCOCCCC.OCCO.OCCO. The lowest BCUT2D eigenvalue weighted by molar-refractivity contribution is 0.128. The third-order valence-corrected chi connectivity index (χ3v) is 1.48. The van der Waals surface area contributed by atoms with Gasteiger partial charge in [0.1, 0.15) is 0 Å². The lowest BCUT2D eigenvalue weighted by Crippen LogP contribution is -1.95. The molecule has 0 aliphatic carbocycles. The Hall–Kier alpha value is -0.200. The number of unbranched alkanes of at least 4 members (excludes halogenated alkanes) is 2. The predicted octanol–water partition coefficient (Wildman–Crippen LogP) is 0.545. The van der Waals surface area contributed by atoms with Crippen LogP contribution < -0.4 is 0 Å². The molecule has 0 aliphatic heterocycles. The minimum absolute atomic E-state index is 0.125. The van der Waals surface area contributed by atoms with Gasteiger partial charge in [-0.15, -0.1) is 0 Å². The highest BCUT2D eigenvalue weighted by Crippen LogP contribution is 1.91. The van der Waals surface area contributed by atoms with Crippen LogP contribution in [-0.4, -0.2) is 60.1 Å². The second kappa shape index (κ2) is 29.7. The van der Waals surface area contributed by atoms with Crippen LogP contribution in [0.3, 0.4) is 0 Å². The first-order valence-corrected chi connectivity index (χ1v) is 6.26. The molecule has 0 rings (SSSR count). The summed E-state index contributed by atoms with van der Waals surface area (Å²) in [6, 6.07) is 0.